The Labute approximate surface area is 114 Å². The van der Waals surface area contributed by atoms with Crippen LogP contribution in [-0.2, 0) is 0 Å². The van der Waals surface area contributed by atoms with Crippen molar-refractivity contribution in [3.05, 3.63) is 17.8 Å². The van der Waals surface area contributed by atoms with Crippen molar-refractivity contribution >= 4 is 39.1 Å². The van der Waals surface area contributed by atoms with E-state index in [1.54, 1.807) is 17.7 Å². The van der Waals surface area contributed by atoms with Gasteiger partial charge >= 0.3 is 0 Å². The molecule has 0 radical (unpaired) electrons. The van der Waals surface area contributed by atoms with E-state index in [0.29, 0.717) is 6.04 Å². The normalized spacial score (nSPS) is 20.5. The van der Waals surface area contributed by atoms with Gasteiger partial charge in [0.2, 0.25) is 0 Å². The fraction of sp³-hybridized carbons (Fsp3) is 0.500. The summed E-state index contributed by atoms with van der Waals surface area (Å²) in [5.74, 6) is 3.22. The first-order valence-electron chi connectivity index (χ1n) is 6.03. The maximum atomic E-state index is 9.19. The third-order valence-corrected chi connectivity index (χ3v) is 5.12. The number of hydrogen-bond acceptors (Lipinski definition) is 6. The first kappa shape index (κ1) is 12.2. The van der Waals surface area contributed by atoms with E-state index in [1.165, 1.54) is 0 Å². The molecule has 1 N–H and O–H groups in total. The van der Waals surface area contributed by atoms with Gasteiger partial charge in [-0.05, 0) is 17.9 Å². The van der Waals surface area contributed by atoms with Crippen LogP contribution >= 0.6 is 23.1 Å². The van der Waals surface area contributed by atoms with Crippen molar-refractivity contribution in [2.75, 3.05) is 29.6 Å². The van der Waals surface area contributed by atoms with Gasteiger partial charge in [-0.2, -0.15) is 11.8 Å². The van der Waals surface area contributed by atoms with Crippen molar-refractivity contribution in [3.8, 4) is 0 Å². The number of aromatic nitrogens is 2. The summed E-state index contributed by atoms with van der Waals surface area (Å²) in [6.07, 6.45) is 2.45. The first-order chi connectivity index (χ1) is 8.90. The van der Waals surface area contributed by atoms with E-state index >= 15 is 0 Å². The molecule has 1 atom stereocenters. The quantitative estimate of drug-likeness (QED) is 0.932. The van der Waals surface area contributed by atoms with Crippen LogP contribution in [0.1, 0.15) is 6.42 Å². The summed E-state index contributed by atoms with van der Waals surface area (Å²) in [7, 11) is 0. The monoisotopic (exact) mass is 281 g/mol. The van der Waals surface area contributed by atoms with E-state index in [2.05, 4.69) is 26.3 Å². The van der Waals surface area contributed by atoms with Gasteiger partial charge in [0.15, 0.2) is 0 Å². The van der Waals surface area contributed by atoms with Gasteiger partial charge < -0.3 is 10.0 Å². The van der Waals surface area contributed by atoms with E-state index in [9.17, 15) is 5.11 Å². The molecule has 3 rings (SSSR count). The average molecular weight is 281 g/mol. The van der Waals surface area contributed by atoms with Crippen LogP contribution in [0.2, 0.25) is 0 Å². The molecule has 0 bridgehead atoms. The fourth-order valence-corrected chi connectivity index (χ4v) is 4.17. The van der Waals surface area contributed by atoms with Gasteiger partial charge in [0, 0.05) is 30.7 Å². The van der Waals surface area contributed by atoms with Crippen molar-refractivity contribution in [2.45, 2.75) is 12.5 Å². The average Bonchev–Trinajstić information content (AvgIpc) is 2.88. The van der Waals surface area contributed by atoms with E-state index in [4.69, 9.17) is 0 Å². The summed E-state index contributed by atoms with van der Waals surface area (Å²) >= 11 is 3.60. The molecular weight excluding hydrogens is 266 g/mol. The Morgan fingerprint density at radius 3 is 3.28 bits per heavy atom. The molecule has 0 spiro atoms. The van der Waals surface area contributed by atoms with Gasteiger partial charge in [-0.3, -0.25) is 0 Å². The number of aliphatic hydroxyl groups excluding tert-OH is 1. The first-order valence-corrected chi connectivity index (χ1v) is 8.07. The summed E-state index contributed by atoms with van der Waals surface area (Å²) in [5, 5.41) is 12.4. The number of anilines is 1. The standard InChI is InChI=1S/C12H15N3OS2/c16-4-1-9-7-17-6-3-15(9)11-10-2-5-18-12(10)14-8-13-11/h2,5,8-9,16H,1,3-4,6-7H2/t9-/m0/s1. The van der Waals surface area contributed by atoms with Gasteiger partial charge in [-0.15, -0.1) is 11.3 Å². The predicted octanol–water partition coefficient (Wildman–Crippen LogP) is 2.00. The van der Waals surface area contributed by atoms with Crippen molar-refractivity contribution in [1.29, 1.82) is 0 Å². The molecule has 1 fully saturated rings. The summed E-state index contributed by atoms with van der Waals surface area (Å²) in [4.78, 5) is 12.1. The van der Waals surface area contributed by atoms with Gasteiger partial charge in [-0.25, -0.2) is 9.97 Å². The second kappa shape index (κ2) is 5.42. The molecule has 0 aromatic carbocycles. The van der Waals surface area contributed by atoms with E-state index in [-0.39, 0.29) is 6.61 Å². The Bertz CT molecular complexity index is 529. The summed E-state index contributed by atoms with van der Waals surface area (Å²) in [6.45, 7) is 1.23. The molecule has 6 heteroatoms. The molecule has 96 valence electrons. The van der Waals surface area contributed by atoms with Gasteiger partial charge in [0.1, 0.15) is 17.0 Å². The summed E-state index contributed by atoms with van der Waals surface area (Å²) in [6, 6.07) is 2.47. The lowest BCUT2D eigenvalue weighted by Gasteiger charge is -2.36. The molecule has 0 saturated carbocycles. The highest BCUT2D eigenvalue weighted by atomic mass is 32.2. The number of hydrogen-bond donors (Lipinski definition) is 1. The Morgan fingerprint density at radius 2 is 2.39 bits per heavy atom. The number of fused-ring (bicyclic) bond motifs is 1. The molecule has 0 aliphatic carbocycles. The number of thiophene rings is 1. The highest BCUT2D eigenvalue weighted by molar-refractivity contribution is 7.99. The largest absolute Gasteiger partial charge is 0.396 e. The lowest BCUT2D eigenvalue weighted by molar-refractivity contribution is 0.276. The highest BCUT2D eigenvalue weighted by Gasteiger charge is 2.25. The van der Waals surface area contributed by atoms with Gasteiger partial charge in [0.25, 0.3) is 0 Å². The summed E-state index contributed by atoms with van der Waals surface area (Å²) in [5.41, 5.74) is 0. The Hall–Kier alpha value is -0.850. The SMILES string of the molecule is OCC[C@H]1CSCCN1c1ncnc2sccc12. The van der Waals surface area contributed by atoms with Crippen LogP contribution in [-0.4, -0.2) is 45.8 Å². The second-order valence-corrected chi connectivity index (χ2v) is 6.32. The van der Waals surface area contributed by atoms with Gasteiger partial charge in [0.05, 0.1) is 5.39 Å². The van der Waals surface area contributed by atoms with Crippen LogP contribution in [0.25, 0.3) is 10.2 Å². The number of thioether (sulfide) groups is 1. The van der Waals surface area contributed by atoms with Crippen molar-refractivity contribution < 1.29 is 5.11 Å². The molecule has 2 aromatic rings. The van der Waals surface area contributed by atoms with E-state index in [0.717, 1.165) is 40.5 Å². The lowest BCUT2D eigenvalue weighted by atomic mass is 10.2. The van der Waals surface area contributed by atoms with Crippen LogP contribution < -0.4 is 4.90 Å². The van der Waals surface area contributed by atoms with Crippen molar-refractivity contribution in [2.24, 2.45) is 0 Å². The zero-order valence-electron chi connectivity index (χ0n) is 9.95. The minimum atomic E-state index is 0.236. The van der Waals surface area contributed by atoms with Crippen LogP contribution in [0, 0.1) is 0 Å². The molecule has 1 saturated heterocycles. The Kier molecular flexibility index (Phi) is 3.67. The minimum Gasteiger partial charge on any atom is -0.396 e. The maximum absolute atomic E-state index is 9.19. The molecule has 4 nitrogen and oxygen atoms in total. The number of aliphatic hydroxyl groups is 1. The third-order valence-electron chi connectivity index (χ3n) is 3.20. The van der Waals surface area contributed by atoms with Crippen molar-refractivity contribution in [3.63, 3.8) is 0 Å². The van der Waals surface area contributed by atoms with Crippen LogP contribution in [0.3, 0.4) is 0 Å². The second-order valence-electron chi connectivity index (χ2n) is 4.27. The fourth-order valence-electron chi connectivity index (χ4n) is 2.33. The molecule has 2 aromatic heterocycles. The molecule has 3 heterocycles. The summed E-state index contributed by atoms with van der Waals surface area (Å²) < 4.78 is 0. The Morgan fingerprint density at radius 1 is 1.44 bits per heavy atom. The maximum Gasteiger partial charge on any atom is 0.141 e. The molecular formula is C12H15N3OS2. The lowest BCUT2D eigenvalue weighted by Crippen LogP contribution is -2.43. The third kappa shape index (κ3) is 2.20. The van der Waals surface area contributed by atoms with E-state index in [1.807, 2.05) is 11.8 Å². The van der Waals surface area contributed by atoms with Crippen LogP contribution in [0.5, 0.6) is 0 Å². The molecule has 18 heavy (non-hydrogen) atoms. The van der Waals surface area contributed by atoms with Crippen LogP contribution in [0.15, 0.2) is 17.8 Å². The number of nitrogens with zero attached hydrogens (tertiary/aromatic N) is 3. The molecule has 0 unspecified atom stereocenters. The predicted molar refractivity (Wildman–Crippen MR) is 77.6 cm³/mol. The smallest absolute Gasteiger partial charge is 0.141 e. The molecule has 1 aliphatic rings. The topological polar surface area (TPSA) is 49.2 Å². The van der Waals surface area contributed by atoms with Crippen LogP contribution in [0.4, 0.5) is 5.82 Å². The zero-order valence-corrected chi connectivity index (χ0v) is 11.6. The molecule has 0 amide bonds. The minimum absolute atomic E-state index is 0.236. The molecule has 1 aliphatic heterocycles. The van der Waals surface area contributed by atoms with E-state index < -0.39 is 0 Å². The van der Waals surface area contributed by atoms with Gasteiger partial charge in [-0.1, -0.05) is 0 Å². The van der Waals surface area contributed by atoms with Crippen molar-refractivity contribution in [1.82, 2.24) is 9.97 Å². The number of rotatable bonds is 3. The Balaban J connectivity index is 1.98. The zero-order chi connectivity index (χ0) is 12.4. The highest BCUT2D eigenvalue weighted by Crippen LogP contribution is 2.31.